The van der Waals surface area contributed by atoms with Gasteiger partial charge in [-0.15, -0.1) is 10.2 Å². The van der Waals surface area contributed by atoms with Crippen LogP contribution in [0.4, 0.5) is 0 Å². The maximum absolute atomic E-state index is 5.70. The molecular formula is C16H19N3O3. The van der Waals surface area contributed by atoms with Crippen LogP contribution in [0.3, 0.4) is 0 Å². The summed E-state index contributed by atoms with van der Waals surface area (Å²) in [4.78, 5) is 2.39. The molecule has 0 radical (unpaired) electrons. The molecule has 1 saturated heterocycles. The first-order chi connectivity index (χ1) is 10.8. The van der Waals surface area contributed by atoms with Crippen molar-refractivity contribution >= 4 is 0 Å². The number of aromatic nitrogens is 2. The van der Waals surface area contributed by atoms with Gasteiger partial charge in [0.05, 0.1) is 6.54 Å². The summed E-state index contributed by atoms with van der Waals surface area (Å²) in [5, 5.41) is 8.01. The largest absolute Gasteiger partial charge is 0.486 e. The Balaban J connectivity index is 1.55. The third-order valence-corrected chi connectivity index (χ3v) is 4.22. The highest BCUT2D eigenvalue weighted by atomic mass is 16.6. The van der Waals surface area contributed by atoms with Gasteiger partial charge in [-0.1, -0.05) is 6.07 Å². The minimum absolute atomic E-state index is 0.364. The lowest BCUT2D eigenvalue weighted by Crippen LogP contribution is -2.23. The fourth-order valence-electron chi connectivity index (χ4n) is 3.24. The van der Waals surface area contributed by atoms with E-state index in [0.29, 0.717) is 37.6 Å². The van der Waals surface area contributed by atoms with Gasteiger partial charge in [0, 0.05) is 13.0 Å². The number of likely N-dealkylation sites (tertiary alicyclic amines) is 1. The summed E-state index contributed by atoms with van der Waals surface area (Å²) in [6, 6.07) is 6.62. The Labute approximate surface area is 129 Å². The summed E-state index contributed by atoms with van der Waals surface area (Å²) >= 11 is 0. The van der Waals surface area contributed by atoms with Crippen LogP contribution in [0, 0.1) is 6.92 Å². The Morgan fingerprint density at radius 2 is 2.05 bits per heavy atom. The Morgan fingerprint density at radius 3 is 2.86 bits per heavy atom. The zero-order chi connectivity index (χ0) is 14.9. The third-order valence-electron chi connectivity index (χ3n) is 4.22. The molecule has 116 valence electrons. The van der Waals surface area contributed by atoms with Crippen LogP contribution in [0.1, 0.15) is 36.2 Å². The Hall–Kier alpha value is -2.08. The molecule has 0 amide bonds. The second-order valence-electron chi connectivity index (χ2n) is 5.75. The van der Waals surface area contributed by atoms with Crippen LogP contribution in [0.25, 0.3) is 0 Å². The predicted molar refractivity (Wildman–Crippen MR) is 78.9 cm³/mol. The predicted octanol–water partition coefficient (Wildman–Crippen LogP) is 2.49. The van der Waals surface area contributed by atoms with E-state index in [1.807, 2.05) is 13.0 Å². The van der Waals surface area contributed by atoms with Crippen molar-refractivity contribution in [2.75, 3.05) is 19.8 Å². The molecule has 0 spiro atoms. The molecule has 0 bridgehead atoms. The van der Waals surface area contributed by atoms with Gasteiger partial charge in [-0.3, -0.25) is 4.90 Å². The summed E-state index contributed by atoms with van der Waals surface area (Å²) in [5.41, 5.74) is 1.26. The number of hydrogen-bond acceptors (Lipinski definition) is 6. The molecule has 2 aromatic rings. The molecule has 1 fully saturated rings. The van der Waals surface area contributed by atoms with E-state index >= 15 is 0 Å². The third kappa shape index (κ3) is 2.54. The molecule has 1 atom stereocenters. The molecule has 6 heteroatoms. The van der Waals surface area contributed by atoms with E-state index in [-0.39, 0.29) is 0 Å². The van der Waals surface area contributed by atoms with E-state index < -0.39 is 0 Å². The average molecular weight is 301 g/mol. The summed E-state index contributed by atoms with van der Waals surface area (Å²) in [6.07, 6.45) is 2.30. The van der Waals surface area contributed by atoms with Crippen molar-refractivity contribution in [3.05, 3.63) is 35.5 Å². The fraction of sp³-hybridized carbons (Fsp3) is 0.500. The smallest absolute Gasteiger partial charge is 0.230 e. The SMILES string of the molecule is Cc1nnc(CN2CCCC2c2ccc3c(c2)OCCO3)o1. The zero-order valence-electron chi connectivity index (χ0n) is 12.6. The first-order valence-corrected chi connectivity index (χ1v) is 7.72. The van der Waals surface area contributed by atoms with Crippen molar-refractivity contribution in [2.24, 2.45) is 0 Å². The highest BCUT2D eigenvalue weighted by molar-refractivity contribution is 5.44. The van der Waals surface area contributed by atoms with Gasteiger partial charge in [-0.05, 0) is 37.1 Å². The average Bonchev–Trinajstić information content (AvgIpc) is 3.16. The van der Waals surface area contributed by atoms with Gasteiger partial charge >= 0.3 is 0 Å². The number of nitrogens with zero attached hydrogens (tertiary/aromatic N) is 3. The van der Waals surface area contributed by atoms with Crippen LogP contribution in [0.5, 0.6) is 11.5 Å². The van der Waals surface area contributed by atoms with Crippen molar-refractivity contribution in [3.8, 4) is 11.5 Å². The Morgan fingerprint density at radius 1 is 1.18 bits per heavy atom. The normalized spacial score (nSPS) is 21.2. The van der Waals surface area contributed by atoms with Gasteiger partial charge in [-0.25, -0.2) is 0 Å². The standard InChI is InChI=1S/C16H19N3O3/c1-11-17-18-16(22-11)10-19-6-2-3-13(19)12-4-5-14-15(9-12)21-8-7-20-14/h4-5,9,13H,2-3,6-8,10H2,1H3. The van der Waals surface area contributed by atoms with Gasteiger partial charge in [0.1, 0.15) is 13.2 Å². The van der Waals surface area contributed by atoms with Crippen LogP contribution in [-0.4, -0.2) is 34.9 Å². The van der Waals surface area contributed by atoms with Crippen LogP contribution in [0.15, 0.2) is 22.6 Å². The molecule has 0 aliphatic carbocycles. The van der Waals surface area contributed by atoms with Gasteiger partial charge in [0.2, 0.25) is 11.8 Å². The van der Waals surface area contributed by atoms with E-state index in [4.69, 9.17) is 13.9 Å². The molecule has 1 unspecified atom stereocenters. The summed E-state index contributed by atoms with van der Waals surface area (Å²) in [5.74, 6) is 2.99. The number of fused-ring (bicyclic) bond motifs is 1. The van der Waals surface area contributed by atoms with E-state index in [1.165, 1.54) is 12.0 Å². The summed E-state index contributed by atoms with van der Waals surface area (Å²) < 4.78 is 16.8. The van der Waals surface area contributed by atoms with E-state index in [1.54, 1.807) is 0 Å². The number of rotatable bonds is 3. The second-order valence-corrected chi connectivity index (χ2v) is 5.75. The fourth-order valence-corrected chi connectivity index (χ4v) is 3.24. The Kier molecular flexibility index (Phi) is 3.46. The van der Waals surface area contributed by atoms with Crippen molar-refractivity contribution in [3.63, 3.8) is 0 Å². The molecule has 2 aliphatic rings. The van der Waals surface area contributed by atoms with E-state index in [2.05, 4.69) is 27.2 Å². The monoisotopic (exact) mass is 301 g/mol. The number of aryl methyl sites for hydroxylation is 1. The van der Waals surface area contributed by atoms with Gasteiger partial charge in [0.25, 0.3) is 0 Å². The molecular weight excluding hydrogens is 282 g/mol. The van der Waals surface area contributed by atoms with Crippen LogP contribution >= 0.6 is 0 Å². The highest BCUT2D eigenvalue weighted by Crippen LogP contribution is 2.38. The minimum atomic E-state index is 0.364. The van der Waals surface area contributed by atoms with Crippen LogP contribution in [0.2, 0.25) is 0 Å². The number of benzene rings is 1. The lowest BCUT2D eigenvalue weighted by Gasteiger charge is -2.25. The molecule has 22 heavy (non-hydrogen) atoms. The first-order valence-electron chi connectivity index (χ1n) is 7.72. The van der Waals surface area contributed by atoms with Crippen molar-refractivity contribution in [1.29, 1.82) is 0 Å². The van der Waals surface area contributed by atoms with E-state index in [0.717, 1.165) is 24.5 Å². The lowest BCUT2D eigenvalue weighted by molar-refractivity contribution is 0.170. The van der Waals surface area contributed by atoms with Gasteiger partial charge in [0.15, 0.2) is 11.5 Å². The molecule has 1 aromatic heterocycles. The minimum Gasteiger partial charge on any atom is -0.486 e. The van der Waals surface area contributed by atoms with Gasteiger partial charge < -0.3 is 13.9 Å². The topological polar surface area (TPSA) is 60.6 Å². The highest BCUT2D eigenvalue weighted by Gasteiger charge is 2.28. The molecule has 0 saturated carbocycles. The second kappa shape index (κ2) is 5.61. The molecule has 3 heterocycles. The molecule has 4 rings (SSSR count). The van der Waals surface area contributed by atoms with Crippen LogP contribution < -0.4 is 9.47 Å². The van der Waals surface area contributed by atoms with Crippen molar-refractivity contribution in [1.82, 2.24) is 15.1 Å². The molecule has 2 aliphatic heterocycles. The van der Waals surface area contributed by atoms with Crippen LogP contribution in [-0.2, 0) is 6.54 Å². The maximum atomic E-state index is 5.70. The van der Waals surface area contributed by atoms with E-state index in [9.17, 15) is 0 Å². The number of hydrogen-bond donors (Lipinski definition) is 0. The van der Waals surface area contributed by atoms with Crippen molar-refractivity contribution in [2.45, 2.75) is 32.4 Å². The molecule has 1 aromatic carbocycles. The zero-order valence-corrected chi connectivity index (χ0v) is 12.6. The summed E-state index contributed by atoms with van der Waals surface area (Å²) in [7, 11) is 0. The molecule has 6 nitrogen and oxygen atoms in total. The number of ether oxygens (including phenoxy) is 2. The summed E-state index contributed by atoms with van der Waals surface area (Å²) in [6.45, 7) is 4.80. The Bertz CT molecular complexity index is 670. The quantitative estimate of drug-likeness (QED) is 0.868. The van der Waals surface area contributed by atoms with Gasteiger partial charge in [-0.2, -0.15) is 0 Å². The lowest BCUT2D eigenvalue weighted by atomic mass is 10.0. The first kappa shape index (κ1) is 13.6. The maximum Gasteiger partial charge on any atom is 0.230 e. The molecule has 0 N–H and O–H groups in total. The van der Waals surface area contributed by atoms with Crippen molar-refractivity contribution < 1.29 is 13.9 Å².